The highest BCUT2D eigenvalue weighted by Gasteiger charge is 2.26. The van der Waals surface area contributed by atoms with E-state index < -0.39 is 14.9 Å². The van der Waals surface area contributed by atoms with Crippen LogP contribution in [0.5, 0.6) is 0 Å². The largest absolute Gasteiger partial charge is 0.315 e. The molecule has 110 valence electrons. The molecule has 1 aliphatic rings. The van der Waals surface area contributed by atoms with E-state index in [0.717, 1.165) is 19.4 Å². The minimum atomic E-state index is -3.74. The number of nitrogens with zero attached hydrogens (tertiary/aromatic N) is 1. The fraction of sp³-hybridized carbons (Fsp3) is 0.500. The highest BCUT2D eigenvalue weighted by Crippen LogP contribution is 2.25. The van der Waals surface area contributed by atoms with Crippen LogP contribution in [0.1, 0.15) is 18.4 Å². The first-order valence-corrected chi connectivity index (χ1v) is 7.87. The summed E-state index contributed by atoms with van der Waals surface area (Å²) in [7, 11) is -3.74. The van der Waals surface area contributed by atoms with Crippen LogP contribution in [0.2, 0.25) is 0 Å². The van der Waals surface area contributed by atoms with Gasteiger partial charge in [0.1, 0.15) is 0 Å². The summed E-state index contributed by atoms with van der Waals surface area (Å²) in [6.45, 7) is 2.91. The summed E-state index contributed by atoms with van der Waals surface area (Å²) in [4.78, 5) is 10.3. The maximum absolute atomic E-state index is 12.3. The fourth-order valence-corrected chi connectivity index (χ4v) is 3.86. The van der Waals surface area contributed by atoms with Gasteiger partial charge in [-0.2, -0.15) is 0 Å². The molecule has 8 heteroatoms. The second-order valence-corrected chi connectivity index (χ2v) is 6.50. The van der Waals surface area contributed by atoms with Gasteiger partial charge in [-0.3, -0.25) is 10.1 Å². The van der Waals surface area contributed by atoms with Crippen molar-refractivity contribution < 1.29 is 13.3 Å². The SMILES string of the molecule is Cc1c([N+](=O)[O-])cccc1S(=O)(=O)NC1CCCNC1. The first-order valence-electron chi connectivity index (χ1n) is 6.39. The van der Waals surface area contributed by atoms with Crippen LogP contribution < -0.4 is 10.0 Å². The van der Waals surface area contributed by atoms with Crippen LogP contribution in [0.25, 0.3) is 0 Å². The second-order valence-electron chi connectivity index (χ2n) is 4.82. The van der Waals surface area contributed by atoms with Crippen molar-refractivity contribution in [3.05, 3.63) is 33.9 Å². The van der Waals surface area contributed by atoms with Gasteiger partial charge < -0.3 is 5.32 Å². The molecule has 1 fully saturated rings. The number of sulfonamides is 1. The first kappa shape index (κ1) is 14.9. The molecule has 20 heavy (non-hydrogen) atoms. The Morgan fingerprint density at radius 3 is 2.80 bits per heavy atom. The van der Waals surface area contributed by atoms with Crippen LogP contribution in [-0.2, 0) is 10.0 Å². The zero-order valence-corrected chi connectivity index (χ0v) is 11.9. The molecular weight excluding hydrogens is 282 g/mol. The van der Waals surface area contributed by atoms with Gasteiger partial charge in [0, 0.05) is 24.2 Å². The zero-order valence-electron chi connectivity index (χ0n) is 11.1. The Morgan fingerprint density at radius 2 is 2.20 bits per heavy atom. The lowest BCUT2D eigenvalue weighted by atomic mass is 10.1. The summed E-state index contributed by atoms with van der Waals surface area (Å²) in [6.07, 6.45) is 1.67. The number of nitro benzene ring substituents is 1. The van der Waals surface area contributed by atoms with Gasteiger partial charge >= 0.3 is 0 Å². The Hall–Kier alpha value is -1.51. The molecule has 0 spiro atoms. The molecule has 1 aromatic carbocycles. The molecule has 1 atom stereocenters. The highest BCUT2D eigenvalue weighted by atomic mass is 32.2. The van der Waals surface area contributed by atoms with Crippen LogP contribution in [0.3, 0.4) is 0 Å². The van der Waals surface area contributed by atoms with Crippen molar-refractivity contribution in [3.63, 3.8) is 0 Å². The van der Waals surface area contributed by atoms with E-state index in [9.17, 15) is 18.5 Å². The van der Waals surface area contributed by atoms with Gasteiger partial charge in [0.2, 0.25) is 10.0 Å². The molecule has 0 aliphatic carbocycles. The predicted molar refractivity (Wildman–Crippen MR) is 74.0 cm³/mol. The summed E-state index contributed by atoms with van der Waals surface area (Å²) in [5, 5.41) is 14.0. The summed E-state index contributed by atoms with van der Waals surface area (Å²) in [6, 6.07) is 3.91. The number of rotatable bonds is 4. The third-order valence-electron chi connectivity index (χ3n) is 3.36. The van der Waals surface area contributed by atoms with Crippen LogP contribution >= 0.6 is 0 Å². The second kappa shape index (κ2) is 5.86. The van der Waals surface area contributed by atoms with E-state index in [-0.39, 0.29) is 22.2 Å². The Kier molecular flexibility index (Phi) is 4.36. The monoisotopic (exact) mass is 299 g/mol. The molecule has 2 rings (SSSR count). The van der Waals surface area contributed by atoms with E-state index in [0.29, 0.717) is 6.54 Å². The van der Waals surface area contributed by atoms with Gasteiger partial charge in [-0.15, -0.1) is 0 Å². The summed E-state index contributed by atoms with van der Waals surface area (Å²) in [5.41, 5.74) is -0.0246. The van der Waals surface area contributed by atoms with Crippen LogP contribution in [0, 0.1) is 17.0 Å². The van der Waals surface area contributed by atoms with Crippen molar-refractivity contribution in [2.45, 2.75) is 30.7 Å². The smallest absolute Gasteiger partial charge is 0.273 e. The van der Waals surface area contributed by atoms with E-state index >= 15 is 0 Å². The predicted octanol–water partition coefficient (Wildman–Crippen LogP) is 0.934. The van der Waals surface area contributed by atoms with Crippen molar-refractivity contribution >= 4 is 15.7 Å². The third kappa shape index (κ3) is 3.14. The molecule has 0 amide bonds. The van der Waals surface area contributed by atoms with E-state index in [4.69, 9.17) is 0 Å². The van der Waals surface area contributed by atoms with Crippen molar-refractivity contribution in [1.82, 2.24) is 10.0 Å². The number of hydrogen-bond acceptors (Lipinski definition) is 5. The number of piperidine rings is 1. The van der Waals surface area contributed by atoms with Crippen molar-refractivity contribution in [1.29, 1.82) is 0 Å². The van der Waals surface area contributed by atoms with Crippen molar-refractivity contribution in [3.8, 4) is 0 Å². The molecule has 1 unspecified atom stereocenters. The molecule has 2 N–H and O–H groups in total. The van der Waals surface area contributed by atoms with Gasteiger partial charge in [0.15, 0.2) is 0 Å². The quantitative estimate of drug-likeness (QED) is 0.636. The molecule has 0 bridgehead atoms. The van der Waals surface area contributed by atoms with Crippen LogP contribution in [-0.4, -0.2) is 32.5 Å². The lowest BCUT2D eigenvalue weighted by Gasteiger charge is -2.23. The van der Waals surface area contributed by atoms with Gasteiger partial charge in [0.05, 0.1) is 9.82 Å². The maximum Gasteiger partial charge on any atom is 0.273 e. The van der Waals surface area contributed by atoms with E-state index in [2.05, 4.69) is 10.0 Å². The normalized spacial score (nSPS) is 19.8. The maximum atomic E-state index is 12.3. The van der Waals surface area contributed by atoms with E-state index in [1.165, 1.54) is 25.1 Å². The topological polar surface area (TPSA) is 101 Å². The molecule has 1 aromatic rings. The minimum Gasteiger partial charge on any atom is -0.315 e. The van der Waals surface area contributed by atoms with E-state index in [1.54, 1.807) is 0 Å². The molecule has 7 nitrogen and oxygen atoms in total. The highest BCUT2D eigenvalue weighted by molar-refractivity contribution is 7.89. The Morgan fingerprint density at radius 1 is 1.45 bits per heavy atom. The van der Waals surface area contributed by atoms with Gasteiger partial charge in [0.25, 0.3) is 5.69 Å². The molecule has 0 aromatic heterocycles. The number of nitrogens with one attached hydrogen (secondary N) is 2. The minimum absolute atomic E-state index is 0.0303. The average molecular weight is 299 g/mol. The molecular formula is C12H17N3O4S. The zero-order chi connectivity index (χ0) is 14.8. The standard InChI is InChI=1S/C12H17N3O4S/c1-9-11(15(16)17)5-2-6-12(9)20(18,19)14-10-4-3-7-13-8-10/h2,5-6,10,13-14H,3-4,7-8H2,1H3. The van der Waals surface area contributed by atoms with E-state index in [1.807, 2.05) is 0 Å². The van der Waals surface area contributed by atoms with Crippen LogP contribution in [0.15, 0.2) is 23.1 Å². The molecule has 0 saturated carbocycles. The Balaban J connectivity index is 2.29. The summed E-state index contributed by atoms with van der Waals surface area (Å²) < 4.78 is 27.3. The van der Waals surface area contributed by atoms with Crippen molar-refractivity contribution in [2.24, 2.45) is 0 Å². The Bertz CT molecular complexity index is 609. The average Bonchev–Trinajstić information content (AvgIpc) is 2.39. The summed E-state index contributed by atoms with van der Waals surface area (Å²) in [5.74, 6) is 0. The lowest BCUT2D eigenvalue weighted by molar-refractivity contribution is -0.385. The summed E-state index contributed by atoms with van der Waals surface area (Å²) >= 11 is 0. The number of nitro groups is 1. The van der Waals surface area contributed by atoms with Gasteiger partial charge in [-0.1, -0.05) is 6.07 Å². The Labute approximate surface area is 117 Å². The number of benzene rings is 1. The first-order chi connectivity index (χ1) is 9.42. The molecule has 0 radical (unpaired) electrons. The van der Waals surface area contributed by atoms with Gasteiger partial charge in [-0.05, 0) is 32.4 Å². The number of hydrogen-bond donors (Lipinski definition) is 2. The van der Waals surface area contributed by atoms with Gasteiger partial charge in [-0.25, -0.2) is 13.1 Å². The van der Waals surface area contributed by atoms with Crippen LogP contribution in [0.4, 0.5) is 5.69 Å². The molecule has 1 heterocycles. The fourth-order valence-electron chi connectivity index (χ4n) is 2.33. The lowest BCUT2D eigenvalue weighted by Crippen LogP contribution is -2.45. The van der Waals surface area contributed by atoms with Crippen molar-refractivity contribution in [2.75, 3.05) is 13.1 Å². The molecule has 1 saturated heterocycles. The third-order valence-corrected chi connectivity index (χ3v) is 5.03. The molecule has 1 aliphatic heterocycles.